The van der Waals surface area contributed by atoms with Crippen LogP contribution in [0.15, 0.2) is 24.3 Å². The van der Waals surface area contributed by atoms with Gasteiger partial charge in [-0.3, -0.25) is 0 Å². The smallest absolute Gasteiger partial charge is 0.0926 e. The molecular formula is C13H18BrClO2. The molecule has 2 atom stereocenters. The van der Waals surface area contributed by atoms with E-state index in [-0.39, 0.29) is 12.2 Å². The van der Waals surface area contributed by atoms with Crippen molar-refractivity contribution in [3.8, 4) is 0 Å². The van der Waals surface area contributed by atoms with Crippen LogP contribution in [0.4, 0.5) is 0 Å². The summed E-state index contributed by atoms with van der Waals surface area (Å²) in [5.41, 5.74) is 1.08. The lowest BCUT2D eigenvalue weighted by atomic mass is 10.1. The van der Waals surface area contributed by atoms with Gasteiger partial charge in [0, 0.05) is 17.0 Å². The molecule has 0 saturated heterocycles. The van der Waals surface area contributed by atoms with Crippen LogP contribution in [0.2, 0.25) is 5.02 Å². The largest absolute Gasteiger partial charge is 0.379 e. The fraction of sp³-hybridized carbons (Fsp3) is 0.538. The lowest BCUT2D eigenvalue weighted by Gasteiger charge is -2.21. The van der Waals surface area contributed by atoms with Gasteiger partial charge in [-0.25, -0.2) is 0 Å². The van der Waals surface area contributed by atoms with Crippen LogP contribution in [-0.2, 0) is 9.47 Å². The molecule has 1 rings (SSSR count). The van der Waals surface area contributed by atoms with Crippen molar-refractivity contribution in [2.45, 2.75) is 26.1 Å². The molecule has 1 aromatic carbocycles. The zero-order chi connectivity index (χ0) is 12.7. The first-order valence-electron chi connectivity index (χ1n) is 5.72. The van der Waals surface area contributed by atoms with Gasteiger partial charge in [0.05, 0.1) is 18.8 Å². The molecule has 0 radical (unpaired) electrons. The highest BCUT2D eigenvalue weighted by molar-refractivity contribution is 9.09. The van der Waals surface area contributed by atoms with Crippen molar-refractivity contribution < 1.29 is 9.47 Å². The number of hydrogen-bond donors (Lipinski definition) is 0. The predicted octanol–water partition coefficient (Wildman–Crippen LogP) is 4.22. The summed E-state index contributed by atoms with van der Waals surface area (Å²) in [7, 11) is 0. The van der Waals surface area contributed by atoms with E-state index in [1.54, 1.807) is 0 Å². The summed E-state index contributed by atoms with van der Waals surface area (Å²) in [5.74, 6) is 0. The molecule has 1 aromatic rings. The standard InChI is InChI=1S/C13H18BrClO2/c1-3-16-9-10(2)17-13(8-14)11-5-4-6-12(15)7-11/h4-7,10,13H,3,8-9H2,1-2H3. The molecule has 0 aliphatic rings. The Morgan fingerprint density at radius 1 is 1.41 bits per heavy atom. The molecule has 0 bridgehead atoms. The Labute approximate surface area is 116 Å². The third-order valence-corrected chi connectivity index (χ3v) is 3.14. The number of ether oxygens (including phenoxy) is 2. The van der Waals surface area contributed by atoms with Crippen LogP contribution in [-0.4, -0.2) is 24.6 Å². The quantitative estimate of drug-likeness (QED) is 0.700. The van der Waals surface area contributed by atoms with Gasteiger partial charge in [-0.05, 0) is 31.5 Å². The fourth-order valence-corrected chi connectivity index (χ4v) is 2.24. The first-order chi connectivity index (χ1) is 8.17. The normalized spacial score (nSPS) is 14.6. The minimum atomic E-state index is 0.00385. The highest BCUT2D eigenvalue weighted by atomic mass is 79.9. The Morgan fingerprint density at radius 2 is 2.18 bits per heavy atom. The molecule has 2 unspecified atom stereocenters. The van der Waals surface area contributed by atoms with Crippen LogP contribution in [0, 0.1) is 0 Å². The summed E-state index contributed by atoms with van der Waals surface area (Å²) in [5, 5.41) is 1.47. The third-order valence-electron chi connectivity index (χ3n) is 2.31. The van der Waals surface area contributed by atoms with Gasteiger partial charge in [0.1, 0.15) is 0 Å². The van der Waals surface area contributed by atoms with Crippen LogP contribution in [0.1, 0.15) is 25.5 Å². The highest BCUT2D eigenvalue weighted by Gasteiger charge is 2.14. The van der Waals surface area contributed by atoms with E-state index in [0.717, 1.165) is 15.9 Å². The molecule has 0 saturated carbocycles. The van der Waals surface area contributed by atoms with Crippen LogP contribution < -0.4 is 0 Å². The van der Waals surface area contributed by atoms with Crippen LogP contribution in [0.25, 0.3) is 0 Å². The third kappa shape index (κ3) is 5.38. The van der Waals surface area contributed by atoms with E-state index < -0.39 is 0 Å². The number of rotatable bonds is 7. The van der Waals surface area contributed by atoms with E-state index in [1.165, 1.54) is 0 Å². The van der Waals surface area contributed by atoms with Gasteiger partial charge < -0.3 is 9.47 Å². The molecule has 0 aromatic heterocycles. The van der Waals surface area contributed by atoms with Gasteiger partial charge in [0.15, 0.2) is 0 Å². The van der Waals surface area contributed by atoms with E-state index in [9.17, 15) is 0 Å². The molecule has 0 heterocycles. The Morgan fingerprint density at radius 3 is 2.76 bits per heavy atom. The second-order valence-corrected chi connectivity index (χ2v) is 4.89. The van der Waals surface area contributed by atoms with E-state index >= 15 is 0 Å². The Balaban J connectivity index is 2.59. The minimum absolute atomic E-state index is 0.00385. The molecule has 0 fully saturated rings. The number of alkyl halides is 1. The summed E-state index contributed by atoms with van der Waals surface area (Å²) in [6.07, 6.45) is 0.0700. The van der Waals surface area contributed by atoms with Crippen LogP contribution >= 0.6 is 27.5 Å². The van der Waals surface area contributed by atoms with Crippen molar-refractivity contribution in [1.82, 2.24) is 0 Å². The average molecular weight is 322 g/mol. The maximum atomic E-state index is 5.97. The summed E-state index contributed by atoms with van der Waals surface area (Å²) in [6.45, 7) is 5.31. The molecule has 0 aliphatic carbocycles. The van der Waals surface area contributed by atoms with Gasteiger partial charge in [-0.15, -0.1) is 0 Å². The molecule has 2 nitrogen and oxygen atoms in total. The summed E-state index contributed by atoms with van der Waals surface area (Å²) in [6, 6.07) is 7.75. The van der Waals surface area contributed by atoms with Crippen molar-refractivity contribution >= 4 is 27.5 Å². The number of halogens is 2. The average Bonchev–Trinajstić information content (AvgIpc) is 2.33. The monoisotopic (exact) mass is 320 g/mol. The lowest BCUT2D eigenvalue weighted by Crippen LogP contribution is -2.20. The van der Waals surface area contributed by atoms with Crippen LogP contribution in [0.3, 0.4) is 0 Å². The zero-order valence-electron chi connectivity index (χ0n) is 10.2. The second-order valence-electron chi connectivity index (χ2n) is 3.80. The van der Waals surface area contributed by atoms with E-state index in [1.807, 2.05) is 38.1 Å². The molecule has 96 valence electrons. The minimum Gasteiger partial charge on any atom is -0.379 e. The predicted molar refractivity (Wildman–Crippen MR) is 75.0 cm³/mol. The maximum Gasteiger partial charge on any atom is 0.0926 e. The van der Waals surface area contributed by atoms with Gasteiger partial charge in [0.2, 0.25) is 0 Å². The Kier molecular flexibility index (Phi) is 7.12. The Hall–Kier alpha value is -0.0900. The summed E-state index contributed by atoms with van der Waals surface area (Å²) < 4.78 is 11.2. The summed E-state index contributed by atoms with van der Waals surface area (Å²) >= 11 is 9.44. The number of hydrogen-bond acceptors (Lipinski definition) is 2. The molecule has 17 heavy (non-hydrogen) atoms. The molecule has 4 heteroatoms. The van der Waals surface area contributed by atoms with E-state index in [0.29, 0.717) is 13.2 Å². The molecular weight excluding hydrogens is 303 g/mol. The van der Waals surface area contributed by atoms with Crippen molar-refractivity contribution in [1.29, 1.82) is 0 Å². The highest BCUT2D eigenvalue weighted by Crippen LogP contribution is 2.24. The van der Waals surface area contributed by atoms with Crippen molar-refractivity contribution in [3.05, 3.63) is 34.9 Å². The molecule has 0 amide bonds. The number of benzene rings is 1. The van der Waals surface area contributed by atoms with Gasteiger partial charge in [0.25, 0.3) is 0 Å². The second kappa shape index (κ2) is 8.09. The van der Waals surface area contributed by atoms with Crippen molar-refractivity contribution in [2.24, 2.45) is 0 Å². The first-order valence-corrected chi connectivity index (χ1v) is 7.22. The van der Waals surface area contributed by atoms with Gasteiger partial charge in [-0.2, -0.15) is 0 Å². The van der Waals surface area contributed by atoms with Gasteiger partial charge in [-0.1, -0.05) is 39.7 Å². The van der Waals surface area contributed by atoms with E-state index in [2.05, 4.69) is 15.9 Å². The maximum absolute atomic E-state index is 5.97. The molecule has 0 N–H and O–H groups in total. The van der Waals surface area contributed by atoms with Crippen molar-refractivity contribution in [3.63, 3.8) is 0 Å². The fourth-order valence-electron chi connectivity index (χ4n) is 1.51. The van der Waals surface area contributed by atoms with E-state index in [4.69, 9.17) is 21.1 Å². The molecule has 0 aliphatic heterocycles. The van der Waals surface area contributed by atoms with Crippen LogP contribution in [0.5, 0.6) is 0 Å². The topological polar surface area (TPSA) is 18.5 Å². The first kappa shape index (κ1) is 15.0. The molecule has 0 spiro atoms. The van der Waals surface area contributed by atoms with Gasteiger partial charge >= 0.3 is 0 Å². The zero-order valence-corrected chi connectivity index (χ0v) is 12.5. The lowest BCUT2D eigenvalue weighted by molar-refractivity contribution is -0.0383. The Bertz CT molecular complexity index is 333. The SMILES string of the molecule is CCOCC(C)OC(CBr)c1cccc(Cl)c1. The van der Waals surface area contributed by atoms with Crippen molar-refractivity contribution in [2.75, 3.05) is 18.5 Å². The summed E-state index contributed by atoms with van der Waals surface area (Å²) in [4.78, 5) is 0.